The van der Waals surface area contributed by atoms with E-state index in [9.17, 15) is 0 Å². The van der Waals surface area contributed by atoms with Crippen LogP contribution in [0.3, 0.4) is 0 Å². The van der Waals surface area contributed by atoms with Crippen molar-refractivity contribution in [2.75, 3.05) is 19.6 Å². The highest BCUT2D eigenvalue weighted by atomic mass is 15.2. The molecule has 0 atom stereocenters. The predicted molar refractivity (Wildman–Crippen MR) is 97.1 cm³/mol. The Kier molecular flexibility index (Phi) is 19.5. The van der Waals surface area contributed by atoms with E-state index in [0.717, 1.165) is 38.9 Å². The quantitative estimate of drug-likeness (QED) is 0.570. The second-order valence-corrected chi connectivity index (χ2v) is 4.31. The van der Waals surface area contributed by atoms with Gasteiger partial charge >= 0.3 is 0 Å². The summed E-state index contributed by atoms with van der Waals surface area (Å²) in [5.41, 5.74) is 0. The number of nitrogens with zero attached hydrogens (tertiary/aromatic N) is 1. The van der Waals surface area contributed by atoms with E-state index >= 15 is 0 Å². The molecule has 0 fully saturated rings. The standard InChI is InChI=1S/C15H24N2.2C2H6/c1-3-5-14-17(13-4-2)15-11-9-7-6-8-10-12-16-15;2*1-2/h1,8,10-11,16H,4-7,9,12-14H2,2H3;2*1-2H3/b10-8+,15-11+;;. The third-order valence-electron chi connectivity index (χ3n) is 2.84. The number of hydrogen-bond acceptors (Lipinski definition) is 2. The van der Waals surface area contributed by atoms with Gasteiger partial charge in [-0.1, -0.05) is 46.8 Å². The van der Waals surface area contributed by atoms with E-state index in [1.54, 1.807) is 0 Å². The highest BCUT2D eigenvalue weighted by molar-refractivity contribution is 5.04. The van der Waals surface area contributed by atoms with Gasteiger partial charge in [0.05, 0.1) is 5.82 Å². The van der Waals surface area contributed by atoms with Gasteiger partial charge in [0.25, 0.3) is 0 Å². The fraction of sp³-hybridized carbons (Fsp3) is 0.684. The molecule has 21 heavy (non-hydrogen) atoms. The number of allylic oxidation sites excluding steroid dienone is 2. The van der Waals surface area contributed by atoms with Gasteiger partial charge in [0.15, 0.2) is 0 Å². The van der Waals surface area contributed by atoms with Crippen LogP contribution in [-0.4, -0.2) is 24.5 Å². The predicted octanol–water partition coefficient (Wildman–Crippen LogP) is 4.95. The summed E-state index contributed by atoms with van der Waals surface area (Å²) in [6.07, 6.45) is 17.7. The van der Waals surface area contributed by atoms with Crippen LogP contribution in [0.25, 0.3) is 0 Å². The zero-order valence-corrected chi connectivity index (χ0v) is 14.9. The van der Waals surface area contributed by atoms with E-state index < -0.39 is 0 Å². The van der Waals surface area contributed by atoms with Gasteiger partial charge in [0.2, 0.25) is 0 Å². The van der Waals surface area contributed by atoms with Crippen molar-refractivity contribution in [1.29, 1.82) is 0 Å². The molecule has 0 aromatic rings. The molecule has 1 N–H and O–H groups in total. The molecule has 0 spiro atoms. The van der Waals surface area contributed by atoms with Crippen molar-refractivity contribution < 1.29 is 0 Å². The summed E-state index contributed by atoms with van der Waals surface area (Å²) in [5, 5.41) is 3.49. The molecule has 2 nitrogen and oxygen atoms in total. The molecule has 1 rings (SSSR count). The van der Waals surface area contributed by atoms with E-state index in [1.807, 2.05) is 27.7 Å². The normalized spacial score (nSPS) is 17.4. The lowest BCUT2D eigenvalue weighted by Gasteiger charge is -2.27. The molecule has 2 heteroatoms. The van der Waals surface area contributed by atoms with Crippen molar-refractivity contribution in [3.8, 4) is 12.3 Å². The van der Waals surface area contributed by atoms with Gasteiger partial charge in [0, 0.05) is 26.1 Å². The minimum absolute atomic E-state index is 0.814. The summed E-state index contributed by atoms with van der Waals surface area (Å²) in [4.78, 5) is 2.37. The largest absolute Gasteiger partial charge is 0.369 e. The van der Waals surface area contributed by atoms with Crippen molar-refractivity contribution in [2.45, 2.75) is 66.7 Å². The Bertz CT molecular complexity index is 297. The number of terminal acetylenes is 1. The zero-order chi connectivity index (χ0) is 16.3. The summed E-state index contributed by atoms with van der Waals surface area (Å²) in [7, 11) is 0. The summed E-state index contributed by atoms with van der Waals surface area (Å²) >= 11 is 0. The first-order valence-electron chi connectivity index (χ1n) is 8.66. The van der Waals surface area contributed by atoms with Crippen LogP contribution in [0.4, 0.5) is 0 Å². The average Bonchev–Trinajstić information content (AvgIpc) is 2.69. The van der Waals surface area contributed by atoms with Crippen molar-refractivity contribution in [3.05, 3.63) is 24.0 Å². The lowest BCUT2D eigenvalue weighted by Crippen LogP contribution is -2.33. The van der Waals surface area contributed by atoms with E-state index in [2.05, 4.69) is 41.3 Å². The maximum absolute atomic E-state index is 5.36. The van der Waals surface area contributed by atoms with Crippen LogP contribution in [0.15, 0.2) is 24.0 Å². The lowest BCUT2D eigenvalue weighted by molar-refractivity contribution is 0.328. The van der Waals surface area contributed by atoms with Gasteiger partial charge in [-0.3, -0.25) is 0 Å². The molecule has 0 aliphatic carbocycles. The van der Waals surface area contributed by atoms with Crippen LogP contribution in [0.1, 0.15) is 66.7 Å². The fourth-order valence-corrected chi connectivity index (χ4v) is 1.97. The summed E-state index contributed by atoms with van der Waals surface area (Å²) in [6.45, 7) is 13.2. The Labute approximate surface area is 133 Å². The van der Waals surface area contributed by atoms with Crippen LogP contribution >= 0.6 is 0 Å². The zero-order valence-electron chi connectivity index (χ0n) is 14.9. The Hall–Kier alpha value is -1.36. The highest BCUT2D eigenvalue weighted by Gasteiger charge is 2.07. The monoisotopic (exact) mass is 292 g/mol. The highest BCUT2D eigenvalue weighted by Crippen LogP contribution is 2.09. The fourth-order valence-electron chi connectivity index (χ4n) is 1.97. The molecule has 0 saturated heterocycles. The maximum Gasteiger partial charge on any atom is 0.0974 e. The smallest absolute Gasteiger partial charge is 0.0974 e. The van der Waals surface area contributed by atoms with Gasteiger partial charge in [-0.05, 0) is 31.8 Å². The van der Waals surface area contributed by atoms with Crippen LogP contribution < -0.4 is 5.32 Å². The van der Waals surface area contributed by atoms with Crippen molar-refractivity contribution >= 4 is 0 Å². The van der Waals surface area contributed by atoms with Crippen molar-refractivity contribution in [3.63, 3.8) is 0 Å². The van der Waals surface area contributed by atoms with Crippen LogP contribution in [0, 0.1) is 12.3 Å². The van der Waals surface area contributed by atoms with Crippen LogP contribution in [0.2, 0.25) is 0 Å². The third-order valence-corrected chi connectivity index (χ3v) is 2.84. The summed E-state index contributed by atoms with van der Waals surface area (Å²) in [5.74, 6) is 3.98. The second kappa shape index (κ2) is 18.6. The van der Waals surface area contributed by atoms with Gasteiger partial charge in [0.1, 0.15) is 0 Å². The molecule has 0 aromatic heterocycles. The number of nitrogens with one attached hydrogen (secondary N) is 1. The minimum Gasteiger partial charge on any atom is -0.369 e. The van der Waals surface area contributed by atoms with Crippen molar-refractivity contribution in [1.82, 2.24) is 10.2 Å². The molecular formula is C19H36N2. The Morgan fingerprint density at radius 2 is 1.86 bits per heavy atom. The van der Waals surface area contributed by atoms with Gasteiger partial charge in [-0.2, -0.15) is 0 Å². The Balaban J connectivity index is 0. The van der Waals surface area contributed by atoms with E-state index in [-0.39, 0.29) is 0 Å². The first-order chi connectivity index (χ1) is 10.4. The molecule has 1 aliphatic rings. The lowest BCUT2D eigenvalue weighted by atomic mass is 10.2. The number of hydrogen-bond donors (Lipinski definition) is 1. The average molecular weight is 293 g/mol. The van der Waals surface area contributed by atoms with Gasteiger partial charge in [-0.15, -0.1) is 12.3 Å². The molecule has 122 valence electrons. The molecular weight excluding hydrogens is 256 g/mol. The summed E-state index contributed by atoms with van der Waals surface area (Å²) < 4.78 is 0. The number of rotatable bonds is 5. The first-order valence-corrected chi connectivity index (χ1v) is 8.66. The van der Waals surface area contributed by atoms with Crippen LogP contribution in [-0.2, 0) is 0 Å². The van der Waals surface area contributed by atoms with E-state index in [4.69, 9.17) is 6.42 Å². The molecule has 1 heterocycles. The van der Waals surface area contributed by atoms with E-state index in [1.165, 1.54) is 18.7 Å². The summed E-state index contributed by atoms with van der Waals surface area (Å²) in [6, 6.07) is 0. The van der Waals surface area contributed by atoms with Gasteiger partial charge in [-0.25, -0.2) is 0 Å². The molecule has 0 bridgehead atoms. The molecule has 0 saturated carbocycles. The SMILES string of the molecule is C#CCCN(CCC)/C1=C/CCC/C=C/CN1.CC.CC. The topological polar surface area (TPSA) is 15.3 Å². The second-order valence-electron chi connectivity index (χ2n) is 4.31. The van der Waals surface area contributed by atoms with Gasteiger partial charge < -0.3 is 10.2 Å². The van der Waals surface area contributed by atoms with E-state index in [0.29, 0.717) is 0 Å². The molecule has 0 amide bonds. The maximum atomic E-state index is 5.36. The third kappa shape index (κ3) is 12.1. The molecule has 0 aromatic carbocycles. The van der Waals surface area contributed by atoms with Crippen molar-refractivity contribution in [2.24, 2.45) is 0 Å². The minimum atomic E-state index is 0.814. The molecule has 1 aliphatic heterocycles. The molecule has 0 radical (unpaired) electrons. The Morgan fingerprint density at radius 3 is 2.48 bits per heavy atom. The first kappa shape index (κ1) is 21.9. The Morgan fingerprint density at radius 1 is 1.14 bits per heavy atom. The molecule has 0 unspecified atom stereocenters. The van der Waals surface area contributed by atoms with Crippen LogP contribution in [0.5, 0.6) is 0 Å².